The van der Waals surface area contributed by atoms with Crippen LogP contribution in [0.3, 0.4) is 0 Å². The zero-order valence-electron chi connectivity index (χ0n) is 21.7. The number of aromatic carboxylic acids is 1. The monoisotopic (exact) mass is 533 g/mol. The lowest BCUT2D eigenvalue weighted by atomic mass is 9.86. The second-order valence-electron chi connectivity index (χ2n) is 10.3. The molecule has 2 aliphatic rings. The van der Waals surface area contributed by atoms with Crippen LogP contribution in [0.15, 0.2) is 60.7 Å². The number of likely N-dealkylation sites (tertiary alicyclic amines) is 1. The zero-order chi connectivity index (χ0) is 26.6. The normalized spacial score (nSPS) is 16.1. The van der Waals surface area contributed by atoms with E-state index in [0.717, 1.165) is 78.7 Å². The fourth-order valence-corrected chi connectivity index (χ4v) is 6.14. The summed E-state index contributed by atoms with van der Waals surface area (Å²) in [5.74, 6) is 0.355. The van der Waals surface area contributed by atoms with Crippen molar-refractivity contribution < 1.29 is 19.0 Å². The molecule has 0 radical (unpaired) electrons. The Morgan fingerprint density at radius 1 is 1.08 bits per heavy atom. The zero-order valence-corrected chi connectivity index (χ0v) is 22.4. The second kappa shape index (κ2) is 11.7. The van der Waals surface area contributed by atoms with Crippen LogP contribution in [-0.4, -0.2) is 49.4 Å². The van der Waals surface area contributed by atoms with Crippen LogP contribution in [0.25, 0.3) is 11.1 Å². The molecule has 3 aromatic carbocycles. The van der Waals surface area contributed by atoms with Crippen molar-refractivity contribution in [3.05, 3.63) is 99.1 Å². The third-order valence-electron chi connectivity index (χ3n) is 7.70. The molecule has 1 aliphatic heterocycles. The highest BCUT2D eigenvalue weighted by Crippen LogP contribution is 2.44. The number of nitrogens with zero attached hydrogens (tertiary/aromatic N) is 1. The molecular formula is C32H33ClFNO3. The Kier molecular flexibility index (Phi) is 8.15. The number of ether oxygens (including phenoxy) is 1. The summed E-state index contributed by atoms with van der Waals surface area (Å²) in [4.78, 5) is 14.0. The van der Waals surface area contributed by atoms with E-state index < -0.39 is 5.97 Å². The molecule has 198 valence electrons. The molecule has 0 unspecified atom stereocenters. The first-order valence-electron chi connectivity index (χ1n) is 13.3. The maximum atomic E-state index is 12.5. The summed E-state index contributed by atoms with van der Waals surface area (Å²) in [5.41, 5.74) is 8.02. The van der Waals surface area contributed by atoms with Crippen LogP contribution in [0.2, 0.25) is 5.02 Å². The quantitative estimate of drug-likeness (QED) is 0.316. The number of benzene rings is 3. The van der Waals surface area contributed by atoms with Gasteiger partial charge in [0.1, 0.15) is 5.75 Å². The van der Waals surface area contributed by atoms with Gasteiger partial charge < -0.3 is 14.7 Å². The summed E-state index contributed by atoms with van der Waals surface area (Å²) in [7, 11) is 1.64. The molecule has 0 aromatic heterocycles. The molecule has 0 amide bonds. The van der Waals surface area contributed by atoms with Crippen LogP contribution >= 0.6 is 11.6 Å². The second-order valence-corrected chi connectivity index (χ2v) is 10.7. The number of halogens is 2. The van der Waals surface area contributed by atoms with E-state index in [1.807, 2.05) is 24.3 Å². The average Bonchev–Trinajstić information content (AvgIpc) is 3.09. The average molecular weight is 534 g/mol. The number of para-hydroxylation sites is 1. The summed E-state index contributed by atoms with van der Waals surface area (Å²) in [5, 5.41) is 10.2. The van der Waals surface area contributed by atoms with Crippen LogP contribution in [0, 0.1) is 5.92 Å². The molecule has 1 aliphatic carbocycles. The topological polar surface area (TPSA) is 49.8 Å². The summed E-state index contributed by atoms with van der Waals surface area (Å²) in [6, 6.07) is 20.1. The number of carboxylic acids is 1. The lowest BCUT2D eigenvalue weighted by molar-refractivity contribution is 0.0696. The Balaban J connectivity index is 1.53. The van der Waals surface area contributed by atoms with Crippen LogP contribution < -0.4 is 4.74 Å². The predicted molar refractivity (Wildman–Crippen MR) is 151 cm³/mol. The first-order valence-corrected chi connectivity index (χ1v) is 13.7. The Hall–Kier alpha value is -3.15. The molecule has 1 saturated heterocycles. The van der Waals surface area contributed by atoms with Crippen LogP contribution in [0.4, 0.5) is 4.39 Å². The van der Waals surface area contributed by atoms with E-state index in [4.69, 9.17) is 16.3 Å². The number of rotatable bonds is 9. The molecule has 0 atom stereocenters. The fraction of sp³-hybridized carbons (Fsp3) is 0.344. The standard InChI is InChI=1S/C32H33ClFNO3/c1-38-31-28(7-3-8-29(31)33)27-6-2-5-24-18-25(32(36)37)13-14-26(24)30(27)23-11-9-21(10-12-23)17-22-19-35(20-22)16-4-15-34/h3,7-14,18,22H,2,4-6,15-17,19-20H2,1H3,(H,36,37). The van der Waals surface area contributed by atoms with Gasteiger partial charge >= 0.3 is 5.97 Å². The van der Waals surface area contributed by atoms with Crippen molar-refractivity contribution in [2.75, 3.05) is 33.4 Å². The highest BCUT2D eigenvalue weighted by Gasteiger charge is 2.27. The minimum atomic E-state index is -0.914. The first kappa shape index (κ1) is 26.5. The number of carbonyl (C=O) groups is 1. The molecule has 1 N–H and O–H groups in total. The number of methoxy groups -OCH3 is 1. The van der Waals surface area contributed by atoms with Crippen molar-refractivity contribution >= 4 is 28.7 Å². The van der Waals surface area contributed by atoms with Gasteiger partial charge in [-0.05, 0) is 89.6 Å². The summed E-state index contributed by atoms with van der Waals surface area (Å²) >= 11 is 6.53. The van der Waals surface area contributed by atoms with Crippen molar-refractivity contribution in [2.45, 2.75) is 32.1 Å². The third-order valence-corrected chi connectivity index (χ3v) is 8.00. The van der Waals surface area contributed by atoms with Gasteiger partial charge in [0.15, 0.2) is 0 Å². The number of aryl methyl sites for hydroxylation is 1. The van der Waals surface area contributed by atoms with Crippen LogP contribution in [0.5, 0.6) is 5.75 Å². The molecule has 5 rings (SSSR count). The lowest BCUT2D eigenvalue weighted by Crippen LogP contribution is -2.47. The van der Waals surface area contributed by atoms with Crippen molar-refractivity contribution in [1.29, 1.82) is 0 Å². The van der Waals surface area contributed by atoms with E-state index >= 15 is 0 Å². The molecule has 0 spiro atoms. The number of alkyl halides is 1. The number of hydrogen-bond donors (Lipinski definition) is 1. The molecule has 3 aromatic rings. The predicted octanol–water partition coefficient (Wildman–Crippen LogP) is 7.18. The van der Waals surface area contributed by atoms with Gasteiger partial charge in [-0.25, -0.2) is 4.79 Å². The maximum absolute atomic E-state index is 12.5. The van der Waals surface area contributed by atoms with E-state index in [0.29, 0.717) is 28.7 Å². The third kappa shape index (κ3) is 5.50. The number of carboxylic acid groups (broad SMARTS) is 1. The number of allylic oxidation sites excluding steroid dienone is 1. The number of fused-ring (bicyclic) bond motifs is 1. The molecule has 0 bridgehead atoms. The molecule has 38 heavy (non-hydrogen) atoms. The van der Waals surface area contributed by atoms with Crippen molar-refractivity contribution in [1.82, 2.24) is 4.90 Å². The van der Waals surface area contributed by atoms with E-state index in [1.54, 1.807) is 13.2 Å². The van der Waals surface area contributed by atoms with Gasteiger partial charge in [-0.15, -0.1) is 0 Å². The van der Waals surface area contributed by atoms with Gasteiger partial charge in [-0.3, -0.25) is 4.39 Å². The van der Waals surface area contributed by atoms with Crippen LogP contribution in [-0.2, 0) is 12.8 Å². The van der Waals surface area contributed by atoms with E-state index in [-0.39, 0.29) is 6.67 Å². The molecule has 6 heteroatoms. The summed E-state index contributed by atoms with van der Waals surface area (Å²) in [6.45, 7) is 2.66. The largest absolute Gasteiger partial charge is 0.495 e. The van der Waals surface area contributed by atoms with Gasteiger partial charge in [-0.1, -0.05) is 54.1 Å². The minimum absolute atomic E-state index is 0.248. The Bertz CT molecular complexity index is 1350. The van der Waals surface area contributed by atoms with E-state index in [2.05, 4.69) is 35.2 Å². The molecular weight excluding hydrogens is 501 g/mol. The Morgan fingerprint density at radius 3 is 2.58 bits per heavy atom. The maximum Gasteiger partial charge on any atom is 0.335 e. The van der Waals surface area contributed by atoms with Gasteiger partial charge in [-0.2, -0.15) is 0 Å². The van der Waals surface area contributed by atoms with Gasteiger partial charge in [0, 0.05) is 25.2 Å². The fourth-order valence-electron chi connectivity index (χ4n) is 5.89. The molecule has 4 nitrogen and oxygen atoms in total. The number of hydrogen-bond acceptors (Lipinski definition) is 3. The highest BCUT2D eigenvalue weighted by molar-refractivity contribution is 6.32. The van der Waals surface area contributed by atoms with Crippen LogP contribution in [0.1, 0.15) is 57.4 Å². The Labute approximate surface area is 228 Å². The lowest BCUT2D eigenvalue weighted by Gasteiger charge is -2.39. The van der Waals surface area contributed by atoms with Gasteiger partial charge in [0.2, 0.25) is 0 Å². The van der Waals surface area contributed by atoms with E-state index in [9.17, 15) is 14.3 Å². The Morgan fingerprint density at radius 2 is 1.87 bits per heavy atom. The summed E-state index contributed by atoms with van der Waals surface area (Å²) in [6.07, 6.45) is 4.14. The molecule has 1 heterocycles. The highest BCUT2D eigenvalue weighted by atomic mass is 35.5. The smallest absolute Gasteiger partial charge is 0.335 e. The van der Waals surface area contributed by atoms with Gasteiger partial charge in [0.05, 0.1) is 24.4 Å². The molecule has 1 fully saturated rings. The first-order chi connectivity index (χ1) is 18.5. The summed E-state index contributed by atoms with van der Waals surface area (Å²) < 4.78 is 18.2. The van der Waals surface area contributed by atoms with Crippen molar-refractivity contribution in [3.8, 4) is 5.75 Å². The van der Waals surface area contributed by atoms with Crippen molar-refractivity contribution in [3.63, 3.8) is 0 Å². The molecule has 0 saturated carbocycles. The van der Waals surface area contributed by atoms with Gasteiger partial charge in [0.25, 0.3) is 0 Å². The minimum Gasteiger partial charge on any atom is -0.495 e. The SMILES string of the molecule is COc1c(Cl)cccc1C1=C(c2ccc(CC3CN(CCCF)C3)cc2)c2ccc(C(=O)O)cc2CCC1. The van der Waals surface area contributed by atoms with E-state index in [1.165, 1.54) is 5.56 Å². The van der Waals surface area contributed by atoms with Crippen molar-refractivity contribution in [2.24, 2.45) is 5.92 Å².